The average molecular weight is 268 g/mol. The van der Waals surface area contributed by atoms with Gasteiger partial charge in [0.1, 0.15) is 11.0 Å². The summed E-state index contributed by atoms with van der Waals surface area (Å²) in [5, 5.41) is 10.1. The Morgan fingerprint density at radius 2 is 2.28 bits per heavy atom. The van der Waals surface area contributed by atoms with Crippen LogP contribution in [0.5, 0.6) is 0 Å². The number of hydrogen-bond donors (Lipinski definition) is 2. The highest BCUT2D eigenvalue weighted by atomic mass is 35.5. The van der Waals surface area contributed by atoms with Gasteiger partial charge in [0.15, 0.2) is 0 Å². The average Bonchev–Trinajstić information content (AvgIpc) is 2.35. The van der Waals surface area contributed by atoms with E-state index in [2.05, 4.69) is 10.3 Å². The molecule has 0 atom stereocenters. The van der Waals surface area contributed by atoms with E-state index in [0.717, 1.165) is 18.0 Å². The van der Waals surface area contributed by atoms with E-state index in [4.69, 9.17) is 17.0 Å². The van der Waals surface area contributed by atoms with Crippen molar-refractivity contribution in [2.45, 2.75) is 19.3 Å². The van der Waals surface area contributed by atoms with Crippen molar-refractivity contribution in [3.63, 3.8) is 0 Å². The molecule has 18 heavy (non-hydrogen) atoms. The Bertz CT molecular complexity index is 542. The maximum atomic E-state index is 13.0. The smallest absolute Gasteiger partial charge is 0.258 e. The van der Waals surface area contributed by atoms with Crippen molar-refractivity contribution in [2.24, 2.45) is 0 Å². The summed E-state index contributed by atoms with van der Waals surface area (Å²) in [5.41, 5.74) is 1.38. The normalized spacial score (nSPS) is 15.2. The van der Waals surface area contributed by atoms with Crippen LogP contribution in [-0.2, 0) is 0 Å². The van der Waals surface area contributed by atoms with Gasteiger partial charge in [0, 0.05) is 17.8 Å². The van der Waals surface area contributed by atoms with E-state index >= 15 is 0 Å². The van der Waals surface area contributed by atoms with Gasteiger partial charge in [0.25, 0.3) is 5.91 Å². The van der Waals surface area contributed by atoms with Gasteiger partial charge in [-0.15, -0.1) is 0 Å². The number of carbonyl (C=O) groups is 1. The van der Waals surface area contributed by atoms with Crippen LogP contribution in [0.1, 0.15) is 29.6 Å². The van der Waals surface area contributed by atoms with Crippen LogP contribution in [0, 0.1) is 11.2 Å². The molecular formula is C12H11ClFN3O. The zero-order chi connectivity index (χ0) is 13.1. The Balaban J connectivity index is 2.12. The molecule has 0 saturated carbocycles. The highest BCUT2D eigenvalue weighted by molar-refractivity contribution is 6.32. The molecule has 1 heterocycles. The summed E-state index contributed by atoms with van der Waals surface area (Å²) in [6, 6.07) is 1.05. The van der Waals surface area contributed by atoms with Gasteiger partial charge in [-0.3, -0.25) is 4.79 Å². The van der Waals surface area contributed by atoms with Crippen LogP contribution in [0.25, 0.3) is 0 Å². The van der Waals surface area contributed by atoms with Gasteiger partial charge >= 0.3 is 0 Å². The number of aromatic nitrogens is 1. The molecule has 0 bridgehead atoms. The SMILES string of the molecule is N=C1CC=C(NC(=O)c2cc(F)cnc2Cl)CC1. The van der Waals surface area contributed by atoms with Crippen molar-refractivity contribution >= 4 is 23.2 Å². The number of allylic oxidation sites excluding steroid dienone is 2. The standard InChI is InChI=1S/C12H11ClFN3O/c13-11-10(5-7(14)6-16-11)12(18)17-9-3-1-8(15)2-4-9/h3,5-6,15H,1-2,4H2,(H,17,18). The molecule has 2 N–H and O–H groups in total. The minimum absolute atomic E-state index is 0.0122. The first-order valence-corrected chi connectivity index (χ1v) is 5.82. The quantitative estimate of drug-likeness (QED) is 0.809. The Morgan fingerprint density at radius 3 is 2.94 bits per heavy atom. The summed E-state index contributed by atoms with van der Waals surface area (Å²) in [6.07, 6.45) is 4.50. The first kappa shape index (κ1) is 12.7. The van der Waals surface area contributed by atoms with E-state index in [1.807, 2.05) is 0 Å². The molecule has 0 aromatic carbocycles. The van der Waals surface area contributed by atoms with Crippen LogP contribution >= 0.6 is 11.6 Å². The summed E-state index contributed by atoms with van der Waals surface area (Å²) in [4.78, 5) is 15.5. The maximum Gasteiger partial charge on any atom is 0.258 e. The Kier molecular flexibility index (Phi) is 3.72. The largest absolute Gasteiger partial charge is 0.326 e. The van der Waals surface area contributed by atoms with E-state index in [1.165, 1.54) is 0 Å². The van der Waals surface area contributed by atoms with Gasteiger partial charge in [-0.2, -0.15) is 0 Å². The monoisotopic (exact) mass is 267 g/mol. The Hall–Kier alpha value is -1.75. The van der Waals surface area contributed by atoms with E-state index in [0.29, 0.717) is 25.0 Å². The van der Waals surface area contributed by atoms with E-state index in [1.54, 1.807) is 6.08 Å². The first-order valence-electron chi connectivity index (χ1n) is 5.44. The highest BCUT2D eigenvalue weighted by Crippen LogP contribution is 2.17. The van der Waals surface area contributed by atoms with Gasteiger partial charge in [-0.1, -0.05) is 17.7 Å². The van der Waals surface area contributed by atoms with Gasteiger partial charge < -0.3 is 10.7 Å². The molecule has 0 fully saturated rings. The lowest BCUT2D eigenvalue weighted by Gasteiger charge is -2.15. The minimum Gasteiger partial charge on any atom is -0.326 e. The molecule has 6 heteroatoms. The topological polar surface area (TPSA) is 65.8 Å². The number of carbonyl (C=O) groups excluding carboxylic acids is 1. The fourth-order valence-corrected chi connectivity index (χ4v) is 1.83. The lowest BCUT2D eigenvalue weighted by atomic mass is 10.0. The summed E-state index contributed by atoms with van der Waals surface area (Å²) in [6.45, 7) is 0. The summed E-state index contributed by atoms with van der Waals surface area (Å²) in [5.74, 6) is -1.09. The first-order chi connectivity index (χ1) is 8.56. The van der Waals surface area contributed by atoms with Crippen LogP contribution in [0.15, 0.2) is 24.0 Å². The fraction of sp³-hybridized carbons (Fsp3) is 0.250. The third-order valence-electron chi connectivity index (χ3n) is 2.62. The second-order valence-electron chi connectivity index (χ2n) is 3.98. The van der Waals surface area contributed by atoms with Gasteiger partial charge in [-0.05, 0) is 18.9 Å². The second-order valence-corrected chi connectivity index (χ2v) is 4.34. The number of rotatable bonds is 2. The molecule has 1 aliphatic rings. The third-order valence-corrected chi connectivity index (χ3v) is 2.92. The van der Waals surface area contributed by atoms with Crippen molar-refractivity contribution in [1.82, 2.24) is 10.3 Å². The molecule has 0 saturated heterocycles. The number of nitrogens with one attached hydrogen (secondary N) is 2. The molecule has 2 rings (SSSR count). The molecule has 0 spiro atoms. The third kappa shape index (κ3) is 2.92. The molecule has 1 aromatic heterocycles. The zero-order valence-electron chi connectivity index (χ0n) is 9.46. The maximum absolute atomic E-state index is 13.0. The lowest BCUT2D eigenvalue weighted by Crippen LogP contribution is -2.25. The van der Waals surface area contributed by atoms with Crippen LogP contribution < -0.4 is 5.32 Å². The molecule has 1 aromatic rings. The summed E-state index contributed by atoms with van der Waals surface area (Å²) >= 11 is 5.74. The molecule has 94 valence electrons. The zero-order valence-corrected chi connectivity index (χ0v) is 10.2. The van der Waals surface area contributed by atoms with E-state index in [-0.39, 0.29) is 10.7 Å². The van der Waals surface area contributed by atoms with Crippen molar-refractivity contribution < 1.29 is 9.18 Å². The number of hydrogen-bond acceptors (Lipinski definition) is 3. The van der Waals surface area contributed by atoms with Gasteiger partial charge in [0.2, 0.25) is 0 Å². The number of nitrogens with zero attached hydrogens (tertiary/aromatic N) is 1. The fourth-order valence-electron chi connectivity index (χ4n) is 1.64. The Labute approximate surface area is 108 Å². The van der Waals surface area contributed by atoms with Crippen LogP contribution in [0.4, 0.5) is 4.39 Å². The van der Waals surface area contributed by atoms with Crippen LogP contribution in [0.2, 0.25) is 5.15 Å². The van der Waals surface area contributed by atoms with Crippen molar-refractivity contribution in [1.29, 1.82) is 5.41 Å². The van der Waals surface area contributed by atoms with Gasteiger partial charge in [-0.25, -0.2) is 9.37 Å². The summed E-state index contributed by atoms with van der Waals surface area (Å²) < 4.78 is 13.0. The number of pyridine rings is 1. The highest BCUT2D eigenvalue weighted by Gasteiger charge is 2.15. The van der Waals surface area contributed by atoms with Crippen LogP contribution in [0.3, 0.4) is 0 Å². The predicted octanol–water partition coefficient (Wildman–Crippen LogP) is 2.69. The van der Waals surface area contributed by atoms with E-state index < -0.39 is 11.7 Å². The van der Waals surface area contributed by atoms with Gasteiger partial charge in [0.05, 0.1) is 11.8 Å². The molecule has 0 aliphatic heterocycles. The second kappa shape index (κ2) is 5.27. The molecule has 1 aliphatic carbocycles. The number of halogens is 2. The van der Waals surface area contributed by atoms with Crippen LogP contribution in [-0.4, -0.2) is 16.6 Å². The molecule has 0 radical (unpaired) electrons. The molecule has 1 amide bonds. The van der Waals surface area contributed by atoms with Crippen molar-refractivity contribution in [2.75, 3.05) is 0 Å². The predicted molar refractivity (Wildman–Crippen MR) is 66.3 cm³/mol. The minimum atomic E-state index is -0.607. The number of amides is 1. The lowest BCUT2D eigenvalue weighted by molar-refractivity contribution is 0.0963. The summed E-state index contributed by atoms with van der Waals surface area (Å²) in [7, 11) is 0. The Morgan fingerprint density at radius 1 is 1.50 bits per heavy atom. The molecule has 0 unspecified atom stereocenters. The molecular weight excluding hydrogens is 257 g/mol. The molecule has 4 nitrogen and oxygen atoms in total. The van der Waals surface area contributed by atoms with E-state index in [9.17, 15) is 9.18 Å². The van der Waals surface area contributed by atoms with Crippen molar-refractivity contribution in [3.8, 4) is 0 Å². The van der Waals surface area contributed by atoms with Crippen molar-refractivity contribution in [3.05, 3.63) is 40.6 Å².